The van der Waals surface area contributed by atoms with Gasteiger partial charge in [-0.05, 0) is 55.7 Å². The van der Waals surface area contributed by atoms with Gasteiger partial charge in [-0.3, -0.25) is 0 Å². The Balaban J connectivity index is 1.75. The van der Waals surface area contributed by atoms with E-state index < -0.39 is 0 Å². The molecule has 2 heteroatoms. The number of aryl methyl sites for hydroxylation is 1. The van der Waals surface area contributed by atoms with Crippen molar-refractivity contribution >= 4 is 11.6 Å². The molecule has 1 aliphatic rings. The van der Waals surface area contributed by atoms with Crippen LogP contribution in [0.4, 0.5) is 0 Å². The smallest absolute Gasteiger partial charge is 0.119 e. The topological polar surface area (TPSA) is 9.23 Å². The fourth-order valence-corrected chi connectivity index (χ4v) is 2.43. The van der Waals surface area contributed by atoms with E-state index in [9.17, 15) is 0 Å². The van der Waals surface area contributed by atoms with Crippen LogP contribution in [-0.4, -0.2) is 12.5 Å². The fourth-order valence-electron chi connectivity index (χ4n) is 2.02. The Bertz CT molecular complexity index is 333. The minimum atomic E-state index is 0.408. The predicted molar refractivity (Wildman–Crippen MR) is 68.3 cm³/mol. The lowest BCUT2D eigenvalue weighted by Crippen LogP contribution is -2.01. The molecule has 1 atom stereocenters. The molecular formula is C14H19ClO. The van der Waals surface area contributed by atoms with Crippen LogP contribution in [0, 0.1) is 5.92 Å². The predicted octanol–water partition coefficient (Wildman–Crippen LogP) is 4.04. The normalized spacial score (nSPS) is 17.1. The highest BCUT2D eigenvalue weighted by Crippen LogP contribution is 2.37. The van der Waals surface area contributed by atoms with Crippen LogP contribution in [0.3, 0.4) is 0 Å². The number of methoxy groups -OCH3 is 1. The van der Waals surface area contributed by atoms with Gasteiger partial charge >= 0.3 is 0 Å². The van der Waals surface area contributed by atoms with E-state index in [1.165, 1.54) is 24.8 Å². The van der Waals surface area contributed by atoms with Gasteiger partial charge in [-0.25, -0.2) is 0 Å². The number of benzene rings is 1. The van der Waals surface area contributed by atoms with Crippen molar-refractivity contribution in [2.24, 2.45) is 5.92 Å². The average Bonchev–Trinajstić information content (AvgIpc) is 3.13. The van der Waals surface area contributed by atoms with Crippen LogP contribution >= 0.6 is 11.6 Å². The maximum absolute atomic E-state index is 6.28. The Kier molecular flexibility index (Phi) is 4.11. The summed E-state index contributed by atoms with van der Waals surface area (Å²) in [7, 11) is 1.71. The quantitative estimate of drug-likeness (QED) is 0.680. The van der Waals surface area contributed by atoms with E-state index in [1.54, 1.807) is 7.11 Å². The van der Waals surface area contributed by atoms with Gasteiger partial charge in [0, 0.05) is 5.38 Å². The number of hydrogen-bond donors (Lipinski definition) is 0. The van der Waals surface area contributed by atoms with Crippen molar-refractivity contribution in [1.29, 1.82) is 0 Å². The molecule has 1 aromatic carbocycles. The molecule has 1 aromatic rings. The van der Waals surface area contributed by atoms with E-state index in [0.29, 0.717) is 5.38 Å². The highest BCUT2D eigenvalue weighted by Gasteiger charge is 2.28. The Hall–Kier alpha value is -0.690. The molecule has 1 saturated carbocycles. The zero-order valence-electron chi connectivity index (χ0n) is 9.79. The van der Waals surface area contributed by atoms with Gasteiger partial charge in [0.2, 0.25) is 0 Å². The second-order valence-corrected chi connectivity index (χ2v) is 5.16. The average molecular weight is 239 g/mol. The highest BCUT2D eigenvalue weighted by molar-refractivity contribution is 6.20. The Morgan fingerprint density at radius 2 is 2.25 bits per heavy atom. The summed E-state index contributed by atoms with van der Waals surface area (Å²) in [5.41, 5.74) is 1.35. The van der Waals surface area contributed by atoms with Crippen molar-refractivity contribution in [3.8, 4) is 5.75 Å². The standard InChI is InChI=1S/C14H19ClO/c1-16-13-6-2-4-11(10-13)5-3-7-14(15)12-8-9-12/h2,4,6,10,12,14H,3,5,7-9H2,1H3. The molecule has 0 saturated heterocycles. The summed E-state index contributed by atoms with van der Waals surface area (Å²) in [5, 5.41) is 0.408. The molecule has 16 heavy (non-hydrogen) atoms. The third-order valence-electron chi connectivity index (χ3n) is 3.21. The first-order chi connectivity index (χ1) is 7.79. The van der Waals surface area contributed by atoms with Gasteiger partial charge in [-0.2, -0.15) is 0 Å². The van der Waals surface area contributed by atoms with Crippen LogP contribution in [0.1, 0.15) is 31.2 Å². The molecule has 0 bridgehead atoms. The van der Waals surface area contributed by atoms with Gasteiger partial charge in [0.25, 0.3) is 0 Å². The van der Waals surface area contributed by atoms with Gasteiger partial charge in [0.15, 0.2) is 0 Å². The van der Waals surface area contributed by atoms with Crippen LogP contribution in [0.25, 0.3) is 0 Å². The van der Waals surface area contributed by atoms with Crippen molar-refractivity contribution in [2.75, 3.05) is 7.11 Å². The summed E-state index contributed by atoms with van der Waals surface area (Å²) in [6, 6.07) is 8.30. The summed E-state index contributed by atoms with van der Waals surface area (Å²) in [4.78, 5) is 0. The SMILES string of the molecule is COc1cccc(CCCC(Cl)C2CC2)c1. The molecule has 0 aromatic heterocycles. The second-order valence-electron chi connectivity index (χ2n) is 4.60. The molecule has 0 spiro atoms. The maximum Gasteiger partial charge on any atom is 0.119 e. The zero-order chi connectivity index (χ0) is 11.4. The van der Waals surface area contributed by atoms with Gasteiger partial charge in [-0.15, -0.1) is 11.6 Å². The van der Waals surface area contributed by atoms with Crippen LogP contribution in [0.2, 0.25) is 0 Å². The van der Waals surface area contributed by atoms with Crippen molar-refractivity contribution in [2.45, 2.75) is 37.5 Å². The Labute approximate surface area is 103 Å². The molecule has 1 unspecified atom stereocenters. The Morgan fingerprint density at radius 3 is 2.94 bits per heavy atom. The summed E-state index contributed by atoms with van der Waals surface area (Å²) >= 11 is 6.28. The van der Waals surface area contributed by atoms with Gasteiger partial charge in [-0.1, -0.05) is 12.1 Å². The number of halogens is 1. The molecule has 0 amide bonds. The molecule has 2 rings (SSSR count). The largest absolute Gasteiger partial charge is 0.497 e. The maximum atomic E-state index is 6.28. The van der Waals surface area contributed by atoms with E-state index in [2.05, 4.69) is 12.1 Å². The highest BCUT2D eigenvalue weighted by atomic mass is 35.5. The molecule has 1 aliphatic carbocycles. The van der Waals surface area contributed by atoms with Crippen LogP contribution in [0.5, 0.6) is 5.75 Å². The first-order valence-electron chi connectivity index (χ1n) is 6.06. The molecular weight excluding hydrogens is 220 g/mol. The lowest BCUT2D eigenvalue weighted by molar-refractivity contribution is 0.414. The van der Waals surface area contributed by atoms with Crippen LogP contribution in [-0.2, 0) is 6.42 Å². The third kappa shape index (κ3) is 3.41. The van der Waals surface area contributed by atoms with E-state index in [4.69, 9.17) is 16.3 Å². The number of hydrogen-bond acceptors (Lipinski definition) is 1. The van der Waals surface area contributed by atoms with Crippen molar-refractivity contribution < 1.29 is 4.74 Å². The van der Waals surface area contributed by atoms with Crippen LogP contribution in [0.15, 0.2) is 24.3 Å². The molecule has 88 valence electrons. The van der Waals surface area contributed by atoms with Crippen molar-refractivity contribution in [1.82, 2.24) is 0 Å². The van der Waals surface area contributed by atoms with Gasteiger partial charge < -0.3 is 4.74 Å². The van der Waals surface area contributed by atoms with E-state index in [-0.39, 0.29) is 0 Å². The molecule has 1 nitrogen and oxygen atoms in total. The van der Waals surface area contributed by atoms with Crippen molar-refractivity contribution in [3.05, 3.63) is 29.8 Å². The fraction of sp³-hybridized carbons (Fsp3) is 0.571. The number of rotatable bonds is 6. The van der Waals surface area contributed by atoms with E-state index >= 15 is 0 Å². The molecule has 0 radical (unpaired) electrons. The van der Waals surface area contributed by atoms with Gasteiger partial charge in [0.1, 0.15) is 5.75 Å². The lowest BCUT2D eigenvalue weighted by Gasteiger charge is -2.08. The first-order valence-corrected chi connectivity index (χ1v) is 6.50. The number of ether oxygens (including phenoxy) is 1. The van der Waals surface area contributed by atoms with E-state index in [0.717, 1.165) is 24.5 Å². The second kappa shape index (κ2) is 5.58. The summed E-state index contributed by atoms with van der Waals surface area (Å²) in [6.07, 6.45) is 6.11. The third-order valence-corrected chi connectivity index (χ3v) is 3.79. The van der Waals surface area contributed by atoms with Crippen LogP contribution < -0.4 is 4.74 Å². The van der Waals surface area contributed by atoms with E-state index in [1.807, 2.05) is 12.1 Å². The lowest BCUT2D eigenvalue weighted by atomic mass is 10.1. The Morgan fingerprint density at radius 1 is 1.44 bits per heavy atom. The zero-order valence-corrected chi connectivity index (χ0v) is 10.5. The molecule has 0 heterocycles. The van der Waals surface area contributed by atoms with Crippen molar-refractivity contribution in [3.63, 3.8) is 0 Å². The summed E-state index contributed by atoms with van der Waals surface area (Å²) in [5.74, 6) is 1.76. The monoisotopic (exact) mass is 238 g/mol. The molecule has 1 fully saturated rings. The minimum Gasteiger partial charge on any atom is -0.497 e. The minimum absolute atomic E-state index is 0.408. The first kappa shape index (κ1) is 11.8. The van der Waals surface area contributed by atoms with Gasteiger partial charge in [0.05, 0.1) is 7.11 Å². The summed E-state index contributed by atoms with van der Waals surface area (Å²) < 4.78 is 5.20. The number of alkyl halides is 1. The molecule has 0 N–H and O–H groups in total. The summed E-state index contributed by atoms with van der Waals surface area (Å²) in [6.45, 7) is 0. The molecule has 0 aliphatic heterocycles.